The van der Waals surface area contributed by atoms with Crippen LogP contribution in [-0.2, 0) is 32.6 Å². The molecule has 7 nitrogen and oxygen atoms in total. The number of likely N-dealkylation sites (N-methyl/N-ethyl adjacent to an activating group) is 1. The summed E-state index contributed by atoms with van der Waals surface area (Å²) < 4.78 is 28.4. The minimum absolute atomic E-state index is 0.0338. The molecule has 0 aromatic heterocycles. The van der Waals surface area contributed by atoms with Gasteiger partial charge in [-0.05, 0) is 60.4 Å². The second-order valence-corrected chi connectivity index (χ2v) is 13.5. The first-order valence-corrected chi connectivity index (χ1v) is 15.8. The number of carbonyl (C=O) groups is 2. The van der Waals surface area contributed by atoms with Gasteiger partial charge >= 0.3 is 0 Å². The van der Waals surface area contributed by atoms with E-state index in [4.69, 9.17) is 11.6 Å². The van der Waals surface area contributed by atoms with Crippen LogP contribution in [0.25, 0.3) is 0 Å². The second kappa shape index (κ2) is 13.8. The molecule has 10 heteroatoms. The summed E-state index contributed by atoms with van der Waals surface area (Å²) in [6, 6.07) is 22.1. The molecule has 0 saturated heterocycles. The molecular weight excluding hydrogens is 614 g/mol. The molecule has 2 amide bonds. The van der Waals surface area contributed by atoms with Crippen LogP contribution in [0.3, 0.4) is 0 Å². The monoisotopic (exact) mass is 645 g/mol. The van der Waals surface area contributed by atoms with E-state index in [1.54, 1.807) is 0 Å². The van der Waals surface area contributed by atoms with Gasteiger partial charge in [0.25, 0.3) is 0 Å². The number of rotatable bonds is 11. The van der Waals surface area contributed by atoms with Crippen molar-refractivity contribution in [3.8, 4) is 0 Å². The average molecular weight is 647 g/mol. The van der Waals surface area contributed by atoms with E-state index in [9.17, 15) is 18.0 Å². The molecule has 0 bridgehead atoms. The molecule has 0 aliphatic heterocycles. The van der Waals surface area contributed by atoms with Gasteiger partial charge in [-0.2, -0.15) is 4.31 Å². The molecule has 1 aliphatic carbocycles. The zero-order valence-electron chi connectivity index (χ0n) is 22.3. The van der Waals surface area contributed by atoms with E-state index < -0.39 is 28.5 Å². The van der Waals surface area contributed by atoms with E-state index in [1.807, 2.05) is 54.6 Å². The van der Waals surface area contributed by atoms with Gasteiger partial charge in [-0.25, -0.2) is 8.42 Å². The molecule has 1 fully saturated rings. The fraction of sp³-hybridized carbons (Fsp3) is 0.333. The zero-order valence-corrected chi connectivity index (χ0v) is 25.5. The molecule has 0 spiro atoms. The molecule has 1 N–H and O–H groups in total. The predicted octanol–water partition coefficient (Wildman–Crippen LogP) is 5.42. The minimum Gasteiger partial charge on any atom is -0.352 e. The molecule has 1 unspecified atom stereocenters. The van der Waals surface area contributed by atoms with Crippen LogP contribution in [0.5, 0.6) is 0 Å². The van der Waals surface area contributed by atoms with Gasteiger partial charge in [-0.3, -0.25) is 9.59 Å². The second-order valence-electron chi connectivity index (χ2n) is 10.1. The number of hydrogen-bond acceptors (Lipinski definition) is 4. The first-order chi connectivity index (χ1) is 19.1. The number of halogens is 2. The third-order valence-electron chi connectivity index (χ3n) is 7.12. The van der Waals surface area contributed by atoms with Crippen molar-refractivity contribution in [3.63, 3.8) is 0 Å². The molecule has 212 valence electrons. The number of nitrogens with one attached hydrogen (secondary N) is 1. The lowest BCUT2D eigenvalue weighted by Crippen LogP contribution is -2.54. The molecule has 40 heavy (non-hydrogen) atoms. The van der Waals surface area contributed by atoms with E-state index in [-0.39, 0.29) is 23.4 Å². The standard InChI is InChI=1S/C30H33BrClN3O4S/c1-34(40(38,39)27-17-15-25(32)16-18-27)21-29(36)35(20-23-11-13-24(31)14-12-23)28(19-22-7-3-2-4-8-22)30(37)33-26-9-5-6-10-26/h2-4,7-8,11-18,26,28H,5-6,9-10,19-21H2,1H3,(H,33,37). The number of carbonyl (C=O) groups excluding carboxylic acids is 2. The Morgan fingerprint density at radius 3 is 2.20 bits per heavy atom. The highest BCUT2D eigenvalue weighted by Crippen LogP contribution is 2.22. The van der Waals surface area contributed by atoms with E-state index in [0.29, 0.717) is 11.4 Å². The van der Waals surface area contributed by atoms with Crippen molar-refractivity contribution in [2.45, 2.75) is 55.6 Å². The quantitative estimate of drug-likeness (QED) is 0.302. The SMILES string of the molecule is CN(CC(=O)N(Cc1ccc(Br)cc1)C(Cc1ccccc1)C(=O)NC1CCCC1)S(=O)(=O)c1ccc(Cl)cc1. The highest BCUT2D eigenvalue weighted by molar-refractivity contribution is 9.10. The van der Waals surface area contributed by atoms with Gasteiger partial charge < -0.3 is 10.2 Å². The van der Waals surface area contributed by atoms with Gasteiger partial charge in [-0.1, -0.05) is 82.8 Å². The molecular formula is C30H33BrClN3O4S. The largest absolute Gasteiger partial charge is 0.352 e. The third kappa shape index (κ3) is 7.94. The van der Waals surface area contributed by atoms with E-state index in [1.165, 1.54) is 36.2 Å². The van der Waals surface area contributed by atoms with Crippen LogP contribution in [0.4, 0.5) is 0 Å². The maximum Gasteiger partial charge on any atom is 0.243 e. The normalized spacial score (nSPS) is 14.7. The predicted molar refractivity (Wildman–Crippen MR) is 160 cm³/mol. The minimum atomic E-state index is -3.97. The first kappa shape index (κ1) is 30.2. The molecule has 0 radical (unpaired) electrons. The van der Waals surface area contributed by atoms with Gasteiger partial charge in [0.15, 0.2) is 0 Å². The summed E-state index contributed by atoms with van der Waals surface area (Å²) in [6.07, 6.45) is 4.24. The van der Waals surface area contributed by atoms with Gasteiger partial charge in [0.05, 0.1) is 11.4 Å². The molecule has 3 aromatic rings. The Morgan fingerprint density at radius 1 is 0.950 bits per heavy atom. The summed E-state index contributed by atoms with van der Waals surface area (Å²) in [4.78, 5) is 29.3. The molecule has 3 aromatic carbocycles. The summed E-state index contributed by atoms with van der Waals surface area (Å²) >= 11 is 9.38. The average Bonchev–Trinajstić information content (AvgIpc) is 3.45. The number of benzene rings is 3. The Hall–Kier alpha value is -2.72. The number of amides is 2. The van der Waals surface area contributed by atoms with Crippen molar-refractivity contribution in [1.29, 1.82) is 0 Å². The van der Waals surface area contributed by atoms with E-state index in [2.05, 4.69) is 21.2 Å². The molecule has 0 heterocycles. The van der Waals surface area contributed by atoms with Crippen LogP contribution >= 0.6 is 27.5 Å². The highest BCUT2D eigenvalue weighted by Gasteiger charge is 2.34. The lowest BCUT2D eigenvalue weighted by Gasteiger charge is -2.33. The number of hydrogen-bond donors (Lipinski definition) is 1. The van der Waals surface area contributed by atoms with Gasteiger partial charge in [0.1, 0.15) is 6.04 Å². The maximum atomic E-state index is 13.9. The summed E-state index contributed by atoms with van der Waals surface area (Å²) in [5, 5.41) is 3.57. The van der Waals surface area contributed by atoms with Crippen molar-refractivity contribution < 1.29 is 18.0 Å². The van der Waals surface area contributed by atoms with Crippen LogP contribution in [0.2, 0.25) is 5.02 Å². The third-order valence-corrected chi connectivity index (χ3v) is 9.72. The molecule has 1 aliphatic rings. The summed E-state index contributed by atoms with van der Waals surface area (Å²) in [6.45, 7) is -0.278. The lowest BCUT2D eigenvalue weighted by molar-refractivity contribution is -0.141. The Morgan fingerprint density at radius 2 is 1.57 bits per heavy atom. The maximum absolute atomic E-state index is 13.9. The van der Waals surface area contributed by atoms with Crippen LogP contribution in [0.1, 0.15) is 36.8 Å². The van der Waals surface area contributed by atoms with Gasteiger partial charge in [-0.15, -0.1) is 0 Å². The van der Waals surface area contributed by atoms with Crippen LogP contribution < -0.4 is 5.32 Å². The van der Waals surface area contributed by atoms with Crippen molar-refractivity contribution in [1.82, 2.24) is 14.5 Å². The van der Waals surface area contributed by atoms with Crippen molar-refractivity contribution in [3.05, 3.63) is 99.5 Å². The number of nitrogens with zero attached hydrogens (tertiary/aromatic N) is 2. The fourth-order valence-electron chi connectivity index (χ4n) is 4.86. The molecule has 1 saturated carbocycles. The summed E-state index contributed by atoms with van der Waals surface area (Å²) in [7, 11) is -2.60. The Bertz CT molecular complexity index is 1400. The summed E-state index contributed by atoms with van der Waals surface area (Å²) in [5.41, 5.74) is 1.73. The van der Waals surface area contributed by atoms with Crippen LogP contribution in [0, 0.1) is 0 Å². The van der Waals surface area contributed by atoms with Crippen molar-refractivity contribution in [2.75, 3.05) is 13.6 Å². The van der Waals surface area contributed by atoms with Gasteiger partial charge in [0.2, 0.25) is 21.8 Å². The number of sulfonamides is 1. The van der Waals surface area contributed by atoms with Crippen LogP contribution in [0.15, 0.2) is 88.2 Å². The van der Waals surface area contributed by atoms with E-state index >= 15 is 0 Å². The van der Waals surface area contributed by atoms with Crippen molar-refractivity contribution in [2.24, 2.45) is 0 Å². The zero-order chi connectivity index (χ0) is 28.7. The topological polar surface area (TPSA) is 86.8 Å². The highest BCUT2D eigenvalue weighted by atomic mass is 79.9. The first-order valence-electron chi connectivity index (χ1n) is 13.2. The molecule has 1 atom stereocenters. The Labute approximate surface area is 249 Å². The Balaban J connectivity index is 1.65. The van der Waals surface area contributed by atoms with Crippen LogP contribution in [-0.4, -0.2) is 55.1 Å². The fourth-order valence-corrected chi connectivity index (χ4v) is 6.37. The molecule has 4 rings (SSSR count). The summed E-state index contributed by atoms with van der Waals surface area (Å²) in [5.74, 6) is -0.699. The van der Waals surface area contributed by atoms with E-state index in [0.717, 1.165) is 45.6 Å². The smallest absolute Gasteiger partial charge is 0.243 e. The van der Waals surface area contributed by atoms with Crippen molar-refractivity contribution >= 4 is 49.4 Å². The lowest BCUT2D eigenvalue weighted by atomic mass is 10.0. The van der Waals surface area contributed by atoms with Gasteiger partial charge in [0, 0.05) is 35.6 Å². The Kier molecular flexibility index (Phi) is 10.4.